The third-order valence-corrected chi connectivity index (χ3v) is 5.22. The first-order valence-corrected chi connectivity index (χ1v) is 10.7. The molecule has 2 atom stereocenters. The molecule has 2 aromatic carbocycles. The summed E-state index contributed by atoms with van der Waals surface area (Å²) in [6.45, 7) is 0. The molecular formula is C19H21N5O3S. The van der Waals surface area contributed by atoms with Gasteiger partial charge in [0, 0.05) is 0 Å². The predicted molar refractivity (Wildman–Crippen MR) is 107 cm³/mol. The van der Waals surface area contributed by atoms with Gasteiger partial charge in [-0.2, -0.15) is 4.98 Å². The van der Waals surface area contributed by atoms with E-state index in [4.69, 9.17) is 4.74 Å². The van der Waals surface area contributed by atoms with Crippen molar-refractivity contribution in [3.05, 3.63) is 65.7 Å². The van der Waals surface area contributed by atoms with Crippen molar-refractivity contribution in [1.82, 2.24) is 14.8 Å². The highest BCUT2D eigenvalue weighted by Crippen LogP contribution is 2.38. The first-order chi connectivity index (χ1) is 13.4. The molecule has 4 rings (SSSR count). The van der Waals surface area contributed by atoms with E-state index in [1.165, 1.54) is 0 Å². The zero-order valence-electron chi connectivity index (χ0n) is 15.5. The number of anilines is 2. The van der Waals surface area contributed by atoms with Crippen molar-refractivity contribution in [2.24, 2.45) is 0 Å². The van der Waals surface area contributed by atoms with E-state index in [-0.39, 0.29) is 18.0 Å². The van der Waals surface area contributed by atoms with Crippen molar-refractivity contribution in [1.29, 1.82) is 0 Å². The molecule has 0 spiro atoms. The highest BCUT2D eigenvalue weighted by atomic mass is 32.2. The average molecular weight is 399 g/mol. The van der Waals surface area contributed by atoms with Gasteiger partial charge in [0.25, 0.3) is 5.95 Å². The van der Waals surface area contributed by atoms with Gasteiger partial charge in [-0.3, -0.25) is 4.72 Å². The van der Waals surface area contributed by atoms with Crippen LogP contribution >= 0.6 is 0 Å². The monoisotopic (exact) mass is 399 g/mol. The number of methoxy groups -OCH3 is 1. The van der Waals surface area contributed by atoms with Gasteiger partial charge in [-0.25, -0.2) is 13.1 Å². The summed E-state index contributed by atoms with van der Waals surface area (Å²) >= 11 is 0. The first-order valence-electron chi connectivity index (χ1n) is 8.83. The second-order valence-corrected chi connectivity index (χ2v) is 8.46. The van der Waals surface area contributed by atoms with Crippen molar-refractivity contribution in [2.75, 3.05) is 23.4 Å². The van der Waals surface area contributed by atoms with Crippen molar-refractivity contribution in [2.45, 2.75) is 18.5 Å². The lowest BCUT2D eigenvalue weighted by atomic mass is 9.93. The molecule has 28 heavy (non-hydrogen) atoms. The summed E-state index contributed by atoms with van der Waals surface area (Å²) in [5.74, 6) is 1.35. The Morgan fingerprint density at radius 1 is 1.11 bits per heavy atom. The lowest BCUT2D eigenvalue weighted by Gasteiger charge is -2.31. The van der Waals surface area contributed by atoms with Gasteiger partial charge in [0.1, 0.15) is 5.75 Å². The Balaban J connectivity index is 1.74. The minimum atomic E-state index is -3.47. The number of hydrogen-bond donors (Lipinski definition) is 2. The van der Waals surface area contributed by atoms with Gasteiger partial charge in [0.05, 0.1) is 25.4 Å². The summed E-state index contributed by atoms with van der Waals surface area (Å²) in [6.07, 6.45) is 1.82. The molecule has 0 bridgehead atoms. The molecule has 2 N–H and O–H groups in total. The van der Waals surface area contributed by atoms with Crippen molar-refractivity contribution >= 4 is 21.9 Å². The topological polar surface area (TPSA) is 98.1 Å². The highest BCUT2D eigenvalue weighted by Gasteiger charge is 2.31. The lowest BCUT2D eigenvalue weighted by molar-refractivity contribution is 0.411. The zero-order chi connectivity index (χ0) is 19.7. The molecule has 9 heteroatoms. The van der Waals surface area contributed by atoms with Crippen LogP contribution in [0.2, 0.25) is 0 Å². The second kappa shape index (κ2) is 7.16. The second-order valence-electron chi connectivity index (χ2n) is 6.71. The molecule has 0 fully saturated rings. The standard InChI is InChI=1S/C19H21N5O3S/c1-27-15-10-8-14(9-11-15)17-12-16(13-6-4-3-5-7-13)20-19-21-18(22-24(17)19)23-28(2,25)26/h3-11,16-17H,12H2,1-2H3,(H2,20,21,22,23)/t16-,17-/m1/s1. The van der Waals surface area contributed by atoms with Crippen LogP contribution in [0.25, 0.3) is 0 Å². The number of fused-ring (bicyclic) bond motifs is 1. The molecule has 1 aromatic heterocycles. The molecule has 1 aliphatic rings. The van der Waals surface area contributed by atoms with Gasteiger partial charge in [0.15, 0.2) is 0 Å². The van der Waals surface area contributed by atoms with Gasteiger partial charge >= 0.3 is 0 Å². The van der Waals surface area contributed by atoms with E-state index in [1.807, 2.05) is 42.5 Å². The number of hydrogen-bond acceptors (Lipinski definition) is 6. The summed E-state index contributed by atoms with van der Waals surface area (Å²) < 4.78 is 32.5. The summed E-state index contributed by atoms with van der Waals surface area (Å²) in [6, 6.07) is 17.8. The van der Waals surface area contributed by atoms with E-state index in [9.17, 15) is 8.42 Å². The summed E-state index contributed by atoms with van der Waals surface area (Å²) in [4.78, 5) is 4.35. The number of aromatic nitrogens is 3. The quantitative estimate of drug-likeness (QED) is 0.685. The van der Waals surface area contributed by atoms with E-state index >= 15 is 0 Å². The van der Waals surface area contributed by atoms with Crippen molar-refractivity contribution in [3.63, 3.8) is 0 Å². The number of sulfonamides is 1. The van der Waals surface area contributed by atoms with Gasteiger partial charge in [-0.05, 0) is 29.7 Å². The molecule has 0 radical (unpaired) electrons. The molecule has 3 aromatic rings. The Labute approximate surface area is 163 Å². The smallest absolute Gasteiger partial charge is 0.257 e. The highest BCUT2D eigenvalue weighted by molar-refractivity contribution is 7.91. The fraction of sp³-hybridized carbons (Fsp3) is 0.263. The molecule has 0 saturated heterocycles. The minimum absolute atomic E-state index is 0.0242. The Hall–Kier alpha value is -3.07. The van der Waals surface area contributed by atoms with Crippen LogP contribution in [0.3, 0.4) is 0 Å². The Kier molecular flexibility index (Phi) is 4.68. The van der Waals surface area contributed by atoms with Crippen molar-refractivity contribution < 1.29 is 13.2 Å². The van der Waals surface area contributed by atoms with Gasteiger partial charge in [-0.15, -0.1) is 5.10 Å². The molecule has 8 nitrogen and oxygen atoms in total. The van der Waals surface area contributed by atoms with Crippen LogP contribution in [0.1, 0.15) is 29.6 Å². The van der Waals surface area contributed by atoms with E-state index in [1.54, 1.807) is 11.8 Å². The van der Waals surface area contributed by atoms with E-state index in [2.05, 4.69) is 32.3 Å². The van der Waals surface area contributed by atoms with Crippen LogP contribution < -0.4 is 14.8 Å². The fourth-order valence-electron chi connectivity index (χ4n) is 3.39. The predicted octanol–water partition coefficient (Wildman–Crippen LogP) is 2.80. The minimum Gasteiger partial charge on any atom is -0.497 e. The summed E-state index contributed by atoms with van der Waals surface area (Å²) in [7, 11) is -1.84. The molecule has 0 saturated carbocycles. The van der Waals surface area contributed by atoms with E-state index in [0.717, 1.165) is 29.6 Å². The molecule has 0 unspecified atom stereocenters. The van der Waals surface area contributed by atoms with E-state index < -0.39 is 10.0 Å². The fourth-order valence-corrected chi connectivity index (χ4v) is 3.81. The first kappa shape index (κ1) is 18.3. The van der Waals surface area contributed by atoms with Gasteiger partial charge in [0.2, 0.25) is 16.0 Å². The zero-order valence-corrected chi connectivity index (χ0v) is 16.3. The van der Waals surface area contributed by atoms with Crippen LogP contribution in [0.5, 0.6) is 5.75 Å². The summed E-state index contributed by atoms with van der Waals surface area (Å²) in [5, 5.41) is 7.76. The molecule has 2 heterocycles. The molecule has 0 aliphatic carbocycles. The molecule has 146 valence electrons. The summed E-state index contributed by atoms with van der Waals surface area (Å²) in [5.41, 5.74) is 2.17. The van der Waals surface area contributed by atoms with Crippen LogP contribution in [0.4, 0.5) is 11.9 Å². The van der Waals surface area contributed by atoms with Crippen LogP contribution in [0, 0.1) is 0 Å². The SMILES string of the molecule is COc1ccc([C@H]2C[C@H](c3ccccc3)Nc3nc(NS(C)(=O)=O)nn32)cc1. The van der Waals surface area contributed by atoms with Gasteiger partial charge < -0.3 is 10.1 Å². The third kappa shape index (κ3) is 3.79. The Bertz CT molecular complexity index is 1060. The third-order valence-electron chi connectivity index (χ3n) is 4.67. The number of rotatable bonds is 5. The Morgan fingerprint density at radius 3 is 2.46 bits per heavy atom. The van der Waals surface area contributed by atoms with Crippen LogP contribution in [-0.2, 0) is 10.0 Å². The van der Waals surface area contributed by atoms with Crippen LogP contribution in [0.15, 0.2) is 54.6 Å². The van der Waals surface area contributed by atoms with Crippen molar-refractivity contribution in [3.8, 4) is 5.75 Å². The van der Waals surface area contributed by atoms with Crippen LogP contribution in [-0.4, -0.2) is 36.5 Å². The number of ether oxygens (including phenoxy) is 1. The maximum Gasteiger partial charge on any atom is 0.257 e. The number of nitrogens with zero attached hydrogens (tertiary/aromatic N) is 3. The molecular weight excluding hydrogens is 378 g/mol. The van der Waals surface area contributed by atoms with Gasteiger partial charge in [-0.1, -0.05) is 42.5 Å². The molecule has 1 aliphatic heterocycles. The maximum absolute atomic E-state index is 11.6. The largest absolute Gasteiger partial charge is 0.497 e. The number of benzene rings is 2. The number of nitrogens with one attached hydrogen (secondary N) is 2. The van der Waals surface area contributed by atoms with E-state index in [0.29, 0.717) is 5.95 Å². The Morgan fingerprint density at radius 2 is 1.82 bits per heavy atom. The maximum atomic E-state index is 11.6. The molecule has 0 amide bonds. The average Bonchev–Trinajstić information content (AvgIpc) is 3.08. The lowest BCUT2D eigenvalue weighted by Crippen LogP contribution is -2.28. The normalized spacial score (nSPS) is 18.8.